The zero-order valence-electron chi connectivity index (χ0n) is 11.1. The molecule has 0 saturated carbocycles. The van der Waals surface area contributed by atoms with Crippen LogP contribution in [0.25, 0.3) is 0 Å². The van der Waals surface area contributed by atoms with Gasteiger partial charge in [0.15, 0.2) is 0 Å². The smallest absolute Gasteiger partial charge is 0.0208 e. The van der Waals surface area contributed by atoms with Gasteiger partial charge < -0.3 is 10.6 Å². The van der Waals surface area contributed by atoms with Gasteiger partial charge in [-0.2, -0.15) is 0 Å². The van der Waals surface area contributed by atoms with Crippen LogP contribution in [0.4, 0.5) is 0 Å². The molecule has 1 aliphatic rings. The molecule has 2 heteroatoms. The SMILES string of the molecule is Cc1ccc2c(c1)CNCCNCC[C@@H](C)C2. The minimum atomic E-state index is 0.766. The van der Waals surface area contributed by atoms with E-state index in [4.69, 9.17) is 0 Å². The van der Waals surface area contributed by atoms with Gasteiger partial charge in [-0.15, -0.1) is 0 Å². The Hall–Kier alpha value is -0.860. The minimum absolute atomic E-state index is 0.766. The number of benzene rings is 1. The molecule has 1 aromatic rings. The Labute approximate surface area is 105 Å². The van der Waals surface area contributed by atoms with Crippen molar-refractivity contribution in [1.82, 2.24) is 10.6 Å². The molecular formula is C15H24N2. The van der Waals surface area contributed by atoms with E-state index in [1.54, 1.807) is 0 Å². The maximum Gasteiger partial charge on any atom is 0.0208 e. The van der Waals surface area contributed by atoms with Crippen molar-refractivity contribution in [3.05, 3.63) is 34.9 Å². The number of fused-ring (bicyclic) bond motifs is 1. The Morgan fingerprint density at radius 3 is 2.76 bits per heavy atom. The fourth-order valence-electron chi connectivity index (χ4n) is 2.47. The fourth-order valence-corrected chi connectivity index (χ4v) is 2.47. The van der Waals surface area contributed by atoms with Gasteiger partial charge in [-0.1, -0.05) is 30.7 Å². The molecule has 2 N–H and O–H groups in total. The summed E-state index contributed by atoms with van der Waals surface area (Å²) in [4.78, 5) is 0. The van der Waals surface area contributed by atoms with E-state index in [2.05, 4.69) is 42.7 Å². The van der Waals surface area contributed by atoms with Crippen molar-refractivity contribution in [2.45, 2.75) is 33.2 Å². The van der Waals surface area contributed by atoms with Crippen molar-refractivity contribution in [2.24, 2.45) is 5.92 Å². The minimum Gasteiger partial charge on any atom is -0.315 e. The summed E-state index contributed by atoms with van der Waals surface area (Å²) in [6, 6.07) is 6.89. The van der Waals surface area contributed by atoms with Crippen LogP contribution in [0, 0.1) is 12.8 Å². The number of nitrogens with one attached hydrogen (secondary N) is 2. The third kappa shape index (κ3) is 3.83. The fraction of sp³-hybridized carbons (Fsp3) is 0.600. The molecular weight excluding hydrogens is 208 g/mol. The van der Waals surface area contributed by atoms with E-state index >= 15 is 0 Å². The predicted octanol–water partition coefficient (Wildman–Crippen LogP) is 2.26. The number of hydrogen-bond donors (Lipinski definition) is 2. The van der Waals surface area contributed by atoms with E-state index in [1.165, 1.54) is 29.5 Å². The van der Waals surface area contributed by atoms with Gasteiger partial charge in [-0.05, 0) is 43.4 Å². The lowest BCUT2D eigenvalue weighted by atomic mass is 9.93. The van der Waals surface area contributed by atoms with Gasteiger partial charge in [0.1, 0.15) is 0 Å². The molecule has 17 heavy (non-hydrogen) atoms. The first-order valence-corrected chi connectivity index (χ1v) is 6.75. The van der Waals surface area contributed by atoms with Crippen molar-refractivity contribution in [3.63, 3.8) is 0 Å². The highest BCUT2D eigenvalue weighted by molar-refractivity contribution is 5.32. The summed E-state index contributed by atoms with van der Waals surface area (Å²) in [6.07, 6.45) is 2.48. The van der Waals surface area contributed by atoms with Gasteiger partial charge in [0.2, 0.25) is 0 Å². The van der Waals surface area contributed by atoms with Crippen molar-refractivity contribution in [1.29, 1.82) is 0 Å². The highest BCUT2D eigenvalue weighted by Crippen LogP contribution is 2.18. The molecule has 0 aromatic heterocycles. The Morgan fingerprint density at radius 2 is 1.88 bits per heavy atom. The molecule has 0 amide bonds. The van der Waals surface area contributed by atoms with Crippen LogP contribution in [0.2, 0.25) is 0 Å². The molecule has 1 aliphatic heterocycles. The van der Waals surface area contributed by atoms with E-state index in [9.17, 15) is 0 Å². The van der Waals surface area contributed by atoms with Gasteiger partial charge >= 0.3 is 0 Å². The first-order valence-electron chi connectivity index (χ1n) is 6.75. The summed E-state index contributed by atoms with van der Waals surface area (Å²) in [7, 11) is 0. The lowest BCUT2D eigenvalue weighted by Gasteiger charge is -2.14. The van der Waals surface area contributed by atoms with Crippen LogP contribution >= 0.6 is 0 Å². The Morgan fingerprint density at radius 1 is 1.06 bits per heavy atom. The quantitative estimate of drug-likeness (QED) is 0.717. The predicted molar refractivity (Wildman–Crippen MR) is 73.2 cm³/mol. The highest BCUT2D eigenvalue weighted by Gasteiger charge is 2.09. The first-order chi connectivity index (χ1) is 8.25. The van der Waals surface area contributed by atoms with Crippen molar-refractivity contribution >= 4 is 0 Å². The van der Waals surface area contributed by atoms with E-state index < -0.39 is 0 Å². The monoisotopic (exact) mass is 232 g/mol. The average molecular weight is 232 g/mol. The molecule has 1 heterocycles. The highest BCUT2D eigenvalue weighted by atomic mass is 14.9. The van der Waals surface area contributed by atoms with Crippen LogP contribution in [0.1, 0.15) is 30.0 Å². The zero-order chi connectivity index (χ0) is 12.1. The average Bonchev–Trinajstić information content (AvgIpc) is 2.34. The zero-order valence-corrected chi connectivity index (χ0v) is 11.1. The lowest BCUT2D eigenvalue weighted by molar-refractivity contribution is 0.500. The topological polar surface area (TPSA) is 24.1 Å². The van der Waals surface area contributed by atoms with Gasteiger partial charge in [0.25, 0.3) is 0 Å². The first kappa shape index (κ1) is 12.6. The van der Waals surface area contributed by atoms with E-state index in [1.807, 2.05) is 0 Å². The van der Waals surface area contributed by atoms with Gasteiger partial charge in [0.05, 0.1) is 0 Å². The molecule has 1 aromatic carbocycles. The summed E-state index contributed by atoms with van der Waals surface area (Å²) in [6.45, 7) is 8.82. The van der Waals surface area contributed by atoms with Crippen LogP contribution < -0.4 is 10.6 Å². The summed E-state index contributed by atoms with van der Waals surface area (Å²) >= 11 is 0. The molecule has 0 aliphatic carbocycles. The molecule has 0 radical (unpaired) electrons. The van der Waals surface area contributed by atoms with Crippen LogP contribution in [-0.4, -0.2) is 19.6 Å². The van der Waals surface area contributed by atoms with E-state index in [0.717, 1.165) is 32.1 Å². The Balaban J connectivity index is 2.16. The second kappa shape index (κ2) is 6.18. The molecule has 0 spiro atoms. The third-order valence-corrected chi connectivity index (χ3v) is 3.54. The van der Waals surface area contributed by atoms with Gasteiger partial charge in [0, 0.05) is 19.6 Å². The molecule has 0 bridgehead atoms. The summed E-state index contributed by atoms with van der Waals surface area (Å²) in [5.41, 5.74) is 4.38. The summed E-state index contributed by atoms with van der Waals surface area (Å²) in [5.74, 6) is 0.766. The van der Waals surface area contributed by atoms with Crippen LogP contribution in [-0.2, 0) is 13.0 Å². The number of aryl methyl sites for hydroxylation is 1. The maximum absolute atomic E-state index is 3.52. The van der Waals surface area contributed by atoms with Crippen LogP contribution in [0.5, 0.6) is 0 Å². The molecule has 2 rings (SSSR count). The van der Waals surface area contributed by atoms with Gasteiger partial charge in [-0.3, -0.25) is 0 Å². The van der Waals surface area contributed by atoms with Crippen LogP contribution in [0.15, 0.2) is 18.2 Å². The summed E-state index contributed by atoms with van der Waals surface area (Å²) in [5, 5.41) is 7.01. The van der Waals surface area contributed by atoms with Crippen molar-refractivity contribution in [3.8, 4) is 0 Å². The summed E-state index contributed by atoms with van der Waals surface area (Å²) < 4.78 is 0. The van der Waals surface area contributed by atoms with Crippen molar-refractivity contribution in [2.75, 3.05) is 19.6 Å². The standard InChI is InChI=1S/C15H24N2/c1-12-3-4-14-9-13(2)5-6-16-7-8-17-11-15(14)10-12/h3-4,10,13,16-17H,5-9,11H2,1-2H3/t13-/m1/s1. The van der Waals surface area contributed by atoms with Gasteiger partial charge in [-0.25, -0.2) is 0 Å². The number of rotatable bonds is 0. The maximum atomic E-state index is 3.52. The Kier molecular flexibility index (Phi) is 4.57. The Bertz CT molecular complexity index is 360. The third-order valence-electron chi connectivity index (χ3n) is 3.54. The van der Waals surface area contributed by atoms with E-state index in [0.29, 0.717) is 0 Å². The molecule has 2 nitrogen and oxygen atoms in total. The van der Waals surface area contributed by atoms with Crippen molar-refractivity contribution < 1.29 is 0 Å². The second-order valence-electron chi connectivity index (χ2n) is 5.30. The molecule has 1 atom stereocenters. The molecule has 0 saturated heterocycles. The van der Waals surface area contributed by atoms with Crippen LogP contribution in [0.3, 0.4) is 0 Å². The molecule has 0 unspecified atom stereocenters. The number of hydrogen-bond acceptors (Lipinski definition) is 2. The molecule has 0 fully saturated rings. The van der Waals surface area contributed by atoms with E-state index in [-0.39, 0.29) is 0 Å². The normalized spacial score (nSPS) is 22.6. The second-order valence-corrected chi connectivity index (χ2v) is 5.30. The molecule has 94 valence electrons. The largest absolute Gasteiger partial charge is 0.315 e. The lowest BCUT2D eigenvalue weighted by Crippen LogP contribution is -2.27.